The van der Waals surface area contributed by atoms with E-state index in [1.54, 1.807) is 16.8 Å². The molecular formula is C23H18N6O3S. The summed E-state index contributed by atoms with van der Waals surface area (Å²) in [5.74, 6) is -0.259. The van der Waals surface area contributed by atoms with Crippen LogP contribution < -0.4 is 5.56 Å². The molecule has 2 aliphatic rings. The van der Waals surface area contributed by atoms with Crippen LogP contribution in [0.5, 0.6) is 0 Å². The first-order valence-corrected chi connectivity index (χ1v) is 10.8. The SMILES string of the molecule is COC(=O)c1cn(-c2nc(Sc3ccccc3)n[nH]2)cc2c(=O)n(-c3cccc(C)c3)nc1-2. The first kappa shape index (κ1) is 20.7. The number of aryl methyl sites for hydroxylation is 1. The number of nitrogens with zero attached hydrogens (tertiary/aromatic N) is 5. The van der Waals surface area contributed by atoms with Crippen molar-refractivity contribution in [3.63, 3.8) is 0 Å². The lowest BCUT2D eigenvalue weighted by Gasteiger charge is -2.08. The average Bonchev–Trinajstić information content (AvgIpc) is 3.43. The highest BCUT2D eigenvalue weighted by molar-refractivity contribution is 7.99. The Labute approximate surface area is 192 Å². The molecule has 0 fully saturated rings. The second-order valence-electron chi connectivity index (χ2n) is 7.25. The molecule has 0 radical (unpaired) electrons. The van der Waals surface area contributed by atoms with Gasteiger partial charge in [-0.1, -0.05) is 30.3 Å². The number of ether oxygens (including phenoxy) is 1. The molecule has 3 aromatic rings. The Balaban J connectivity index is 1.62. The lowest BCUT2D eigenvalue weighted by atomic mass is 10.1. The minimum Gasteiger partial charge on any atom is -0.465 e. The monoisotopic (exact) mass is 458 g/mol. The van der Waals surface area contributed by atoms with Gasteiger partial charge in [-0.3, -0.25) is 9.36 Å². The average molecular weight is 459 g/mol. The fourth-order valence-corrected chi connectivity index (χ4v) is 4.14. The normalized spacial score (nSPS) is 11.1. The van der Waals surface area contributed by atoms with E-state index in [9.17, 15) is 9.59 Å². The molecule has 1 N–H and O–H groups in total. The van der Waals surface area contributed by atoms with Crippen molar-refractivity contribution in [1.29, 1.82) is 0 Å². The predicted molar refractivity (Wildman–Crippen MR) is 122 cm³/mol. The van der Waals surface area contributed by atoms with Crippen LogP contribution in [-0.4, -0.2) is 42.6 Å². The number of aromatic nitrogens is 6. The van der Waals surface area contributed by atoms with Gasteiger partial charge in [-0.2, -0.15) is 14.8 Å². The number of rotatable bonds is 5. The third-order valence-corrected chi connectivity index (χ3v) is 5.84. The van der Waals surface area contributed by atoms with E-state index in [2.05, 4.69) is 20.3 Å². The number of pyridine rings is 1. The van der Waals surface area contributed by atoms with Crippen LogP contribution in [0.15, 0.2) is 81.8 Å². The maximum absolute atomic E-state index is 13.2. The van der Waals surface area contributed by atoms with Gasteiger partial charge in [0.15, 0.2) is 0 Å². The van der Waals surface area contributed by atoms with E-state index in [0.717, 1.165) is 10.5 Å². The summed E-state index contributed by atoms with van der Waals surface area (Å²) in [7, 11) is 1.28. The van der Waals surface area contributed by atoms with Crippen LogP contribution in [-0.2, 0) is 4.74 Å². The fraction of sp³-hybridized carbons (Fsp3) is 0.0870. The van der Waals surface area contributed by atoms with Crippen molar-refractivity contribution in [2.24, 2.45) is 0 Å². The molecule has 3 heterocycles. The Morgan fingerprint density at radius 2 is 1.91 bits per heavy atom. The second kappa shape index (κ2) is 8.40. The number of hydrogen-bond donors (Lipinski definition) is 1. The summed E-state index contributed by atoms with van der Waals surface area (Å²) >= 11 is 1.39. The van der Waals surface area contributed by atoms with Crippen LogP contribution in [0.4, 0.5) is 0 Å². The Kier molecular flexibility index (Phi) is 5.27. The van der Waals surface area contributed by atoms with Gasteiger partial charge >= 0.3 is 5.97 Å². The lowest BCUT2D eigenvalue weighted by Crippen LogP contribution is -2.15. The number of aromatic amines is 1. The Morgan fingerprint density at radius 3 is 2.67 bits per heavy atom. The summed E-state index contributed by atoms with van der Waals surface area (Å²) in [6.45, 7) is 1.93. The number of fused-ring (bicyclic) bond motifs is 1. The minimum absolute atomic E-state index is 0.146. The number of carbonyl (C=O) groups is 1. The van der Waals surface area contributed by atoms with E-state index >= 15 is 0 Å². The number of esters is 1. The molecule has 0 saturated heterocycles. The molecule has 2 aliphatic heterocycles. The van der Waals surface area contributed by atoms with Crippen molar-refractivity contribution < 1.29 is 9.53 Å². The smallest absolute Gasteiger partial charge is 0.341 e. The topological polar surface area (TPSA) is 108 Å². The minimum atomic E-state index is -0.610. The van der Waals surface area contributed by atoms with Crippen molar-refractivity contribution in [2.45, 2.75) is 17.0 Å². The lowest BCUT2D eigenvalue weighted by molar-refractivity contribution is 0.0600. The molecule has 10 heteroatoms. The van der Waals surface area contributed by atoms with Gasteiger partial charge in [-0.15, -0.1) is 5.10 Å². The van der Waals surface area contributed by atoms with Crippen LogP contribution in [0.3, 0.4) is 0 Å². The van der Waals surface area contributed by atoms with Gasteiger partial charge in [-0.05, 0) is 48.5 Å². The number of hydrogen-bond acceptors (Lipinski definition) is 7. The Hall–Kier alpha value is -4.18. The summed E-state index contributed by atoms with van der Waals surface area (Å²) in [6, 6.07) is 17.1. The van der Waals surface area contributed by atoms with Crippen LogP contribution in [0.2, 0.25) is 0 Å². The van der Waals surface area contributed by atoms with Gasteiger partial charge in [0, 0.05) is 17.3 Å². The molecule has 0 aliphatic carbocycles. The van der Waals surface area contributed by atoms with Crippen molar-refractivity contribution in [3.8, 4) is 22.9 Å². The quantitative estimate of drug-likeness (QED) is 0.402. The Morgan fingerprint density at radius 1 is 1.09 bits per heavy atom. The molecule has 0 atom stereocenters. The van der Waals surface area contributed by atoms with Gasteiger partial charge < -0.3 is 4.74 Å². The molecular weight excluding hydrogens is 440 g/mol. The maximum atomic E-state index is 13.2. The number of methoxy groups -OCH3 is 1. The van der Waals surface area contributed by atoms with Gasteiger partial charge in [0.1, 0.15) is 11.3 Å². The van der Waals surface area contributed by atoms with Gasteiger partial charge in [-0.25, -0.2) is 9.89 Å². The molecule has 0 amide bonds. The molecule has 0 unspecified atom stereocenters. The van der Waals surface area contributed by atoms with Crippen molar-refractivity contribution in [3.05, 3.63) is 88.5 Å². The summed E-state index contributed by atoms with van der Waals surface area (Å²) < 4.78 is 7.76. The zero-order chi connectivity index (χ0) is 22.9. The van der Waals surface area contributed by atoms with Crippen LogP contribution >= 0.6 is 11.8 Å². The molecule has 164 valence electrons. The number of benzene rings is 2. The maximum Gasteiger partial charge on any atom is 0.341 e. The molecule has 33 heavy (non-hydrogen) atoms. The van der Waals surface area contributed by atoms with Crippen LogP contribution in [0.1, 0.15) is 15.9 Å². The first-order valence-electron chi connectivity index (χ1n) is 9.99. The highest BCUT2D eigenvalue weighted by Gasteiger charge is 2.26. The molecule has 9 nitrogen and oxygen atoms in total. The third kappa shape index (κ3) is 3.92. The van der Waals surface area contributed by atoms with Crippen LogP contribution in [0, 0.1) is 6.92 Å². The third-order valence-electron chi connectivity index (χ3n) is 4.97. The van der Waals surface area contributed by atoms with E-state index in [1.165, 1.54) is 29.8 Å². The van der Waals surface area contributed by atoms with Crippen LogP contribution in [0.25, 0.3) is 22.9 Å². The number of nitrogens with one attached hydrogen (secondary N) is 1. The van der Waals surface area contributed by atoms with E-state index in [1.807, 2.05) is 55.5 Å². The Bertz CT molecular complexity index is 1490. The summed E-state index contributed by atoms with van der Waals surface area (Å²) in [4.78, 5) is 31.2. The fourth-order valence-electron chi connectivity index (χ4n) is 3.42. The van der Waals surface area contributed by atoms with Crippen molar-refractivity contribution in [1.82, 2.24) is 29.5 Å². The molecule has 1 aromatic heterocycles. The van der Waals surface area contributed by atoms with Gasteiger partial charge in [0.2, 0.25) is 11.1 Å². The molecule has 2 aromatic carbocycles. The summed E-state index contributed by atoms with van der Waals surface area (Å²) in [5, 5.41) is 12.0. The molecule has 0 saturated carbocycles. The van der Waals surface area contributed by atoms with E-state index in [0.29, 0.717) is 16.8 Å². The summed E-state index contributed by atoms with van der Waals surface area (Å²) in [6.07, 6.45) is 3.11. The van der Waals surface area contributed by atoms with Gasteiger partial charge in [0.25, 0.3) is 5.56 Å². The standard InChI is InChI=1S/C23H18N6O3S/c1-14-7-6-8-15(11-14)29-20(30)17-12-28(13-18(19(17)27-29)21(31)32-2)22-24-23(26-25-22)33-16-9-4-3-5-10-16/h3-13H,1-2H3,(H,24,25,26). The highest BCUT2D eigenvalue weighted by atomic mass is 32.2. The van der Waals surface area contributed by atoms with Gasteiger partial charge in [0.05, 0.1) is 18.4 Å². The van der Waals surface area contributed by atoms with E-state index in [-0.39, 0.29) is 22.4 Å². The summed E-state index contributed by atoms with van der Waals surface area (Å²) in [5.41, 5.74) is 1.90. The van der Waals surface area contributed by atoms with E-state index < -0.39 is 5.97 Å². The van der Waals surface area contributed by atoms with Crippen molar-refractivity contribution >= 4 is 17.7 Å². The predicted octanol–water partition coefficient (Wildman–Crippen LogP) is 3.49. The highest BCUT2D eigenvalue weighted by Crippen LogP contribution is 2.27. The molecule has 0 bridgehead atoms. The number of carbonyl (C=O) groups excluding carboxylic acids is 1. The largest absolute Gasteiger partial charge is 0.465 e. The van der Waals surface area contributed by atoms with Crippen molar-refractivity contribution in [2.75, 3.05) is 7.11 Å². The first-order chi connectivity index (χ1) is 16.0. The molecule has 0 spiro atoms. The second-order valence-corrected chi connectivity index (χ2v) is 8.29. The zero-order valence-electron chi connectivity index (χ0n) is 17.7. The molecule has 5 rings (SSSR count). The zero-order valence-corrected chi connectivity index (χ0v) is 18.5. The van der Waals surface area contributed by atoms with E-state index in [4.69, 9.17) is 4.74 Å². The number of H-pyrrole nitrogens is 1.